The van der Waals surface area contributed by atoms with Crippen molar-refractivity contribution in [3.8, 4) is 11.5 Å². The zero-order chi connectivity index (χ0) is 31.5. The lowest BCUT2D eigenvalue weighted by Gasteiger charge is -2.29. The van der Waals surface area contributed by atoms with Gasteiger partial charge in [-0.15, -0.1) is 11.8 Å². The number of anilines is 3. The van der Waals surface area contributed by atoms with Crippen LogP contribution < -0.4 is 21.1 Å². The molecule has 2 amide bonds. The second-order valence-electron chi connectivity index (χ2n) is 9.53. The van der Waals surface area contributed by atoms with Gasteiger partial charge in [0.15, 0.2) is 6.10 Å². The van der Waals surface area contributed by atoms with Crippen LogP contribution in [0.1, 0.15) is 24.5 Å². The van der Waals surface area contributed by atoms with Crippen LogP contribution >= 0.6 is 43.6 Å². The molecule has 5 N–H and O–H groups in total. The summed E-state index contributed by atoms with van der Waals surface area (Å²) >= 11 is 8.45. The predicted molar refractivity (Wildman–Crippen MR) is 183 cm³/mol. The van der Waals surface area contributed by atoms with Crippen LogP contribution in [0.2, 0.25) is 0 Å². The van der Waals surface area contributed by atoms with Gasteiger partial charge in [0.05, 0.1) is 15.8 Å². The number of benzene rings is 4. The van der Waals surface area contributed by atoms with Crippen LogP contribution in [0.15, 0.2) is 117 Å². The number of para-hydroxylation sites is 3. The molecule has 0 aromatic heterocycles. The van der Waals surface area contributed by atoms with Gasteiger partial charge in [-0.3, -0.25) is 10.1 Å². The summed E-state index contributed by atoms with van der Waals surface area (Å²) in [5, 5.41) is 16.6. The number of hydrogen-bond donors (Lipinski definition) is 4. The Balaban J connectivity index is 1.59. The highest BCUT2D eigenvalue weighted by Gasteiger charge is 2.32. The van der Waals surface area contributed by atoms with E-state index >= 15 is 0 Å². The lowest BCUT2D eigenvalue weighted by Crippen LogP contribution is -2.31. The monoisotopic (exact) mass is 739 g/mol. The molecule has 228 valence electrons. The Morgan fingerprint density at radius 3 is 2.39 bits per heavy atom. The highest BCUT2D eigenvalue weighted by molar-refractivity contribution is 9.11. The van der Waals surface area contributed by atoms with Crippen LogP contribution in [0.5, 0.6) is 11.5 Å². The molecular weight excluding hydrogens is 710 g/mol. The van der Waals surface area contributed by atoms with E-state index in [1.807, 2.05) is 36.6 Å². The summed E-state index contributed by atoms with van der Waals surface area (Å²) in [5.41, 5.74) is 7.80. The molecule has 0 saturated carbocycles. The minimum Gasteiger partial charge on any atom is -0.506 e. The van der Waals surface area contributed by atoms with Gasteiger partial charge in [0, 0.05) is 20.6 Å². The van der Waals surface area contributed by atoms with Crippen molar-refractivity contribution in [2.75, 3.05) is 22.6 Å². The van der Waals surface area contributed by atoms with Crippen LogP contribution in [0.25, 0.3) is 0 Å². The summed E-state index contributed by atoms with van der Waals surface area (Å²) in [6.45, 7) is 0. The maximum atomic E-state index is 13.2. The van der Waals surface area contributed by atoms with Crippen molar-refractivity contribution in [1.29, 1.82) is 0 Å². The second-order valence-corrected chi connectivity index (χ2v) is 12.2. The van der Waals surface area contributed by atoms with E-state index in [1.54, 1.807) is 78.5 Å². The largest absolute Gasteiger partial charge is 0.506 e. The molecule has 0 saturated heterocycles. The normalized spacial score (nSPS) is 12.3. The fraction of sp³-hybridized carbons (Fsp3) is 0.152. The summed E-state index contributed by atoms with van der Waals surface area (Å²) in [4.78, 5) is 26.8. The molecule has 0 spiro atoms. The topological polar surface area (TPSA) is 123 Å². The molecule has 0 aliphatic carbocycles. The zero-order valence-corrected chi connectivity index (χ0v) is 27.7. The standard InChI is InChI=1S/C33H31Br2N3O5S/c1-44-24-17-15-22(16-18-24)37-33(41)43-32(25-19-21(34)20-26(35)31(25)40)29(42-23-9-3-2-4-10-23)13-7-8-14-30(39)38-28-12-6-5-11-27(28)36/h2-6,8-12,14-20,29,32,40H,7,13,36H2,1H3,(H,37,41)(H,38,39)/b14-8+/t29-,32-/m0/s1. The summed E-state index contributed by atoms with van der Waals surface area (Å²) < 4.78 is 13.4. The van der Waals surface area contributed by atoms with E-state index in [2.05, 4.69) is 42.5 Å². The van der Waals surface area contributed by atoms with Gasteiger partial charge in [0.1, 0.15) is 17.6 Å². The maximum Gasteiger partial charge on any atom is 0.412 e. The first kappa shape index (κ1) is 33.0. The molecule has 11 heteroatoms. The molecule has 4 aromatic carbocycles. The SMILES string of the molecule is CSc1ccc(NC(=O)O[C@@H](c2cc(Br)cc(Br)c2O)[C@H](CC/C=C/C(=O)Nc2ccccc2N)Oc2ccccc2)cc1. The third-order valence-corrected chi connectivity index (χ3v) is 8.21. The molecular formula is C33H31Br2N3O5S. The summed E-state index contributed by atoms with van der Waals surface area (Å²) in [7, 11) is 0. The molecule has 2 atom stereocenters. The first-order valence-electron chi connectivity index (χ1n) is 13.6. The molecule has 4 rings (SSSR count). The van der Waals surface area contributed by atoms with Crippen molar-refractivity contribution in [2.24, 2.45) is 0 Å². The van der Waals surface area contributed by atoms with Crippen LogP contribution in [-0.4, -0.2) is 29.5 Å². The van der Waals surface area contributed by atoms with Crippen LogP contribution in [0.3, 0.4) is 0 Å². The number of ether oxygens (including phenoxy) is 2. The lowest BCUT2D eigenvalue weighted by atomic mass is 9.99. The number of thioether (sulfide) groups is 1. The smallest absolute Gasteiger partial charge is 0.412 e. The zero-order valence-electron chi connectivity index (χ0n) is 23.7. The van der Waals surface area contributed by atoms with E-state index in [0.29, 0.717) is 50.2 Å². The minimum absolute atomic E-state index is 0.0904. The van der Waals surface area contributed by atoms with Gasteiger partial charge >= 0.3 is 6.09 Å². The van der Waals surface area contributed by atoms with Gasteiger partial charge in [-0.2, -0.15) is 0 Å². The number of carbonyl (C=O) groups excluding carboxylic acids is 2. The van der Waals surface area contributed by atoms with Gasteiger partial charge in [-0.25, -0.2) is 4.79 Å². The van der Waals surface area contributed by atoms with E-state index < -0.39 is 18.3 Å². The van der Waals surface area contributed by atoms with Gasteiger partial charge in [-0.1, -0.05) is 52.3 Å². The molecule has 4 aromatic rings. The van der Waals surface area contributed by atoms with Gasteiger partial charge in [0.25, 0.3) is 0 Å². The number of amides is 2. The van der Waals surface area contributed by atoms with Gasteiger partial charge < -0.3 is 25.6 Å². The Bertz CT molecular complexity index is 1600. The van der Waals surface area contributed by atoms with Crippen LogP contribution in [0, 0.1) is 0 Å². The molecule has 0 unspecified atom stereocenters. The number of nitrogens with one attached hydrogen (secondary N) is 2. The number of aromatic hydroxyl groups is 1. The van der Waals surface area contributed by atoms with Crippen molar-refractivity contribution >= 4 is 72.7 Å². The number of nitrogens with two attached hydrogens (primary N) is 1. The van der Waals surface area contributed by atoms with Gasteiger partial charge in [-0.05, 0) is 102 Å². The number of hydrogen-bond acceptors (Lipinski definition) is 7. The highest BCUT2D eigenvalue weighted by atomic mass is 79.9. The number of rotatable bonds is 12. The first-order valence-corrected chi connectivity index (χ1v) is 16.4. The number of allylic oxidation sites excluding steroid dienone is 1. The number of carbonyl (C=O) groups is 2. The molecule has 8 nitrogen and oxygen atoms in total. The Morgan fingerprint density at radius 1 is 0.977 bits per heavy atom. The Labute approximate surface area is 277 Å². The predicted octanol–water partition coefficient (Wildman–Crippen LogP) is 8.93. The number of phenolic OH excluding ortho intramolecular Hbond substituents is 1. The van der Waals surface area contributed by atoms with Crippen LogP contribution in [-0.2, 0) is 9.53 Å². The van der Waals surface area contributed by atoms with E-state index in [-0.39, 0.29) is 11.7 Å². The van der Waals surface area contributed by atoms with Crippen molar-refractivity contribution in [3.05, 3.63) is 118 Å². The minimum atomic E-state index is -1.04. The van der Waals surface area contributed by atoms with Crippen molar-refractivity contribution in [2.45, 2.75) is 29.9 Å². The third-order valence-electron chi connectivity index (χ3n) is 6.41. The lowest BCUT2D eigenvalue weighted by molar-refractivity contribution is -0.111. The van der Waals surface area contributed by atoms with E-state index in [1.165, 1.54) is 6.08 Å². The molecule has 0 heterocycles. The molecule has 44 heavy (non-hydrogen) atoms. The summed E-state index contributed by atoms with van der Waals surface area (Å²) in [6.07, 6.45) is 3.29. The fourth-order valence-corrected chi connectivity index (χ4v) is 5.93. The van der Waals surface area contributed by atoms with Crippen molar-refractivity contribution in [1.82, 2.24) is 0 Å². The Kier molecular flexibility index (Phi) is 12.2. The average Bonchev–Trinajstić information content (AvgIpc) is 3.01. The third kappa shape index (κ3) is 9.54. The molecule has 0 radical (unpaired) electrons. The fourth-order valence-electron chi connectivity index (χ4n) is 4.26. The Morgan fingerprint density at radius 2 is 1.68 bits per heavy atom. The summed E-state index contributed by atoms with van der Waals surface area (Å²) in [6, 6.07) is 26.8. The van der Waals surface area contributed by atoms with E-state index in [0.717, 1.165) is 4.90 Å². The number of nitrogen functional groups attached to an aromatic ring is 1. The quantitative estimate of drug-likeness (QED) is 0.0650. The van der Waals surface area contributed by atoms with Gasteiger partial charge in [0.2, 0.25) is 5.91 Å². The molecule has 0 bridgehead atoms. The number of phenols is 1. The second kappa shape index (κ2) is 16.2. The summed E-state index contributed by atoms with van der Waals surface area (Å²) in [5.74, 6) is 0.123. The molecule has 0 aliphatic heterocycles. The van der Waals surface area contributed by atoms with Crippen molar-refractivity contribution in [3.63, 3.8) is 0 Å². The maximum absolute atomic E-state index is 13.2. The number of halogens is 2. The first-order chi connectivity index (χ1) is 21.2. The van der Waals surface area contributed by atoms with Crippen molar-refractivity contribution < 1.29 is 24.2 Å². The van der Waals surface area contributed by atoms with Crippen LogP contribution in [0.4, 0.5) is 21.9 Å². The van der Waals surface area contributed by atoms with E-state index in [9.17, 15) is 14.7 Å². The highest BCUT2D eigenvalue weighted by Crippen LogP contribution is 2.40. The average molecular weight is 742 g/mol. The molecule has 0 aliphatic rings. The Hall–Kier alpha value is -3.93. The van der Waals surface area contributed by atoms with E-state index in [4.69, 9.17) is 15.2 Å². The molecule has 0 fully saturated rings.